The number of fused-ring (bicyclic) bond motifs is 1. The lowest BCUT2D eigenvalue weighted by molar-refractivity contribution is 0.0939. The van der Waals surface area contributed by atoms with Crippen LogP contribution >= 0.6 is 0 Å². The molecule has 6 nitrogen and oxygen atoms in total. The summed E-state index contributed by atoms with van der Waals surface area (Å²) < 4.78 is 11.3. The number of hydrogen-bond acceptors (Lipinski definition) is 5. The van der Waals surface area contributed by atoms with Crippen molar-refractivity contribution >= 4 is 17.0 Å². The number of nitrogens with zero attached hydrogens (tertiary/aromatic N) is 1. The number of oxazole rings is 1. The Labute approximate surface area is 179 Å². The Hall–Kier alpha value is -2.86. The first kappa shape index (κ1) is 23.4. The van der Waals surface area contributed by atoms with E-state index in [2.05, 4.69) is 22.5 Å². The molecule has 1 unspecified atom stereocenters. The van der Waals surface area contributed by atoms with Crippen molar-refractivity contribution in [3.63, 3.8) is 0 Å². The third kappa shape index (κ3) is 6.07. The number of ether oxygens (including phenoxy) is 1. The van der Waals surface area contributed by atoms with E-state index in [1.165, 1.54) is 0 Å². The number of nitrogens with one attached hydrogen (secondary N) is 2. The maximum absolute atomic E-state index is 12.9. The van der Waals surface area contributed by atoms with Crippen molar-refractivity contribution in [1.29, 1.82) is 0 Å². The molecule has 6 heteroatoms. The van der Waals surface area contributed by atoms with Crippen molar-refractivity contribution in [3.8, 4) is 17.2 Å². The van der Waals surface area contributed by atoms with Gasteiger partial charge in [0.2, 0.25) is 5.89 Å². The normalized spacial score (nSPS) is 11.5. The molecule has 0 aliphatic carbocycles. The van der Waals surface area contributed by atoms with E-state index in [0.717, 1.165) is 31.5 Å². The Balaban J connectivity index is 0.00000155. The van der Waals surface area contributed by atoms with Gasteiger partial charge in [-0.1, -0.05) is 39.0 Å². The molecule has 162 valence electrons. The zero-order valence-corrected chi connectivity index (χ0v) is 18.6. The van der Waals surface area contributed by atoms with Gasteiger partial charge in [0.15, 0.2) is 5.58 Å². The van der Waals surface area contributed by atoms with E-state index in [4.69, 9.17) is 9.15 Å². The molecule has 1 amide bonds. The fourth-order valence-electron chi connectivity index (χ4n) is 2.99. The first-order chi connectivity index (χ1) is 14.6. The lowest BCUT2D eigenvalue weighted by Crippen LogP contribution is -2.35. The standard InChI is InChI=1S/C22H27N3O3.C2H6/c1-4-11-23-12-10-15(2)24-21(26)18-13-17(27-3)14-19-20(18)25-22(28-19)16-8-6-5-7-9-16;1-2/h5-9,13-15,23H,4,10-12H2,1-3H3,(H,24,26);1-2H3. The van der Waals surface area contributed by atoms with Crippen molar-refractivity contribution in [2.24, 2.45) is 0 Å². The van der Waals surface area contributed by atoms with E-state index in [1.807, 2.05) is 51.1 Å². The van der Waals surface area contributed by atoms with Gasteiger partial charge in [0.05, 0.1) is 12.7 Å². The Morgan fingerprint density at radius 3 is 2.57 bits per heavy atom. The fraction of sp³-hybridized carbons (Fsp3) is 0.417. The van der Waals surface area contributed by atoms with Crippen LogP contribution in [0.3, 0.4) is 0 Å². The summed E-state index contributed by atoms with van der Waals surface area (Å²) in [6, 6.07) is 13.1. The second kappa shape index (κ2) is 12.0. The van der Waals surface area contributed by atoms with Gasteiger partial charge in [-0.15, -0.1) is 0 Å². The SMILES string of the molecule is CC.CCCNCCC(C)NC(=O)c1cc(OC)cc2oc(-c3ccccc3)nc12. The average Bonchev–Trinajstić information content (AvgIpc) is 3.22. The summed E-state index contributed by atoms with van der Waals surface area (Å²) in [5.74, 6) is 0.861. The van der Waals surface area contributed by atoms with E-state index in [9.17, 15) is 4.79 Å². The molecule has 0 saturated heterocycles. The molecule has 1 atom stereocenters. The lowest BCUT2D eigenvalue weighted by atomic mass is 10.1. The van der Waals surface area contributed by atoms with Gasteiger partial charge in [-0.05, 0) is 51.1 Å². The predicted octanol–water partition coefficient (Wildman–Crippen LogP) is 5.04. The number of aromatic nitrogens is 1. The monoisotopic (exact) mass is 411 g/mol. The third-order valence-corrected chi connectivity index (χ3v) is 4.53. The predicted molar refractivity (Wildman–Crippen MR) is 122 cm³/mol. The molecule has 0 aliphatic heterocycles. The molecule has 3 rings (SSSR count). The van der Waals surface area contributed by atoms with Crippen LogP contribution in [-0.2, 0) is 0 Å². The first-order valence-corrected chi connectivity index (χ1v) is 10.7. The smallest absolute Gasteiger partial charge is 0.253 e. The zero-order valence-electron chi connectivity index (χ0n) is 18.6. The van der Waals surface area contributed by atoms with Crippen molar-refractivity contribution in [3.05, 3.63) is 48.0 Å². The number of carbonyl (C=O) groups excluding carboxylic acids is 1. The highest BCUT2D eigenvalue weighted by atomic mass is 16.5. The van der Waals surface area contributed by atoms with Crippen molar-refractivity contribution in [1.82, 2.24) is 15.6 Å². The summed E-state index contributed by atoms with van der Waals surface area (Å²) in [4.78, 5) is 17.5. The second-order valence-electron chi connectivity index (χ2n) is 6.82. The van der Waals surface area contributed by atoms with Gasteiger partial charge in [0, 0.05) is 17.7 Å². The second-order valence-corrected chi connectivity index (χ2v) is 6.82. The van der Waals surface area contributed by atoms with Gasteiger partial charge in [-0.2, -0.15) is 0 Å². The van der Waals surface area contributed by atoms with Gasteiger partial charge in [0.1, 0.15) is 11.3 Å². The van der Waals surface area contributed by atoms with E-state index < -0.39 is 0 Å². The summed E-state index contributed by atoms with van der Waals surface area (Å²) in [6.45, 7) is 9.98. The molecule has 2 aromatic carbocycles. The van der Waals surface area contributed by atoms with Crippen LogP contribution in [0, 0.1) is 0 Å². The first-order valence-electron chi connectivity index (χ1n) is 10.7. The number of carbonyl (C=O) groups is 1. The number of methoxy groups -OCH3 is 1. The molecule has 0 saturated carbocycles. The molecule has 1 heterocycles. The molecule has 0 fully saturated rings. The van der Waals surface area contributed by atoms with E-state index in [0.29, 0.717) is 28.3 Å². The summed E-state index contributed by atoms with van der Waals surface area (Å²) in [5, 5.41) is 6.40. The molecule has 0 spiro atoms. The highest BCUT2D eigenvalue weighted by Gasteiger charge is 2.19. The fourth-order valence-corrected chi connectivity index (χ4v) is 2.99. The zero-order chi connectivity index (χ0) is 21.9. The number of amides is 1. The minimum absolute atomic E-state index is 0.0404. The average molecular weight is 412 g/mol. The van der Waals surface area contributed by atoms with Crippen molar-refractivity contribution < 1.29 is 13.9 Å². The number of rotatable bonds is 9. The third-order valence-electron chi connectivity index (χ3n) is 4.53. The summed E-state index contributed by atoms with van der Waals surface area (Å²) in [5.41, 5.74) is 2.38. The minimum Gasteiger partial charge on any atom is -0.497 e. The molecule has 2 N–H and O–H groups in total. The molecule has 30 heavy (non-hydrogen) atoms. The highest BCUT2D eigenvalue weighted by Crippen LogP contribution is 2.30. The van der Waals surface area contributed by atoms with Gasteiger partial charge in [-0.25, -0.2) is 4.98 Å². The molecule has 0 radical (unpaired) electrons. The Bertz CT molecular complexity index is 922. The summed E-state index contributed by atoms with van der Waals surface area (Å²) in [6.07, 6.45) is 1.95. The minimum atomic E-state index is -0.181. The van der Waals surface area contributed by atoms with Gasteiger partial charge >= 0.3 is 0 Å². The van der Waals surface area contributed by atoms with Crippen LogP contribution < -0.4 is 15.4 Å². The lowest BCUT2D eigenvalue weighted by Gasteiger charge is -2.14. The van der Waals surface area contributed by atoms with E-state index in [1.54, 1.807) is 19.2 Å². The van der Waals surface area contributed by atoms with Gasteiger partial charge in [0.25, 0.3) is 5.91 Å². The largest absolute Gasteiger partial charge is 0.497 e. The molecule has 1 aromatic heterocycles. The van der Waals surface area contributed by atoms with E-state index >= 15 is 0 Å². The van der Waals surface area contributed by atoms with Crippen molar-refractivity contribution in [2.75, 3.05) is 20.2 Å². The quantitative estimate of drug-likeness (QED) is 0.483. The van der Waals surface area contributed by atoms with Crippen LogP contribution in [0.25, 0.3) is 22.6 Å². The molecular weight excluding hydrogens is 378 g/mol. The topological polar surface area (TPSA) is 76.4 Å². The summed E-state index contributed by atoms with van der Waals surface area (Å²) >= 11 is 0. The number of hydrogen-bond donors (Lipinski definition) is 2. The molecule has 0 bridgehead atoms. The van der Waals surface area contributed by atoms with Crippen LogP contribution in [0.15, 0.2) is 46.9 Å². The Morgan fingerprint density at radius 1 is 1.17 bits per heavy atom. The van der Waals surface area contributed by atoms with Gasteiger partial charge in [-0.3, -0.25) is 4.79 Å². The van der Waals surface area contributed by atoms with Gasteiger partial charge < -0.3 is 19.8 Å². The van der Waals surface area contributed by atoms with Crippen LogP contribution in [0.1, 0.15) is 50.9 Å². The summed E-state index contributed by atoms with van der Waals surface area (Å²) in [7, 11) is 1.57. The van der Waals surface area contributed by atoms with Crippen LogP contribution in [0.5, 0.6) is 5.75 Å². The molecule has 3 aromatic rings. The maximum atomic E-state index is 12.9. The highest BCUT2D eigenvalue weighted by molar-refractivity contribution is 6.05. The Morgan fingerprint density at radius 2 is 1.90 bits per heavy atom. The van der Waals surface area contributed by atoms with Crippen LogP contribution in [0.4, 0.5) is 0 Å². The number of benzene rings is 2. The molecule has 0 aliphatic rings. The Kier molecular flexibility index (Phi) is 9.35. The van der Waals surface area contributed by atoms with Crippen LogP contribution in [-0.4, -0.2) is 37.1 Å². The van der Waals surface area contributed by atoms with Crippen LogP contribution in [0.2, 0.25) is 0 Å². The van der Waals surface area contributed by atoms with E-state index in [-0.39, 0.29) is 11.9 Å². The molecular formula is C24H33N3O3. The van der Waals surface area contributed by atoms with Crippen molar-refractivity contribution in [2.45, 2.75) is 46.6 Å². The maximum Gasteiger partial charge on any atom is 0.253 e.